The van der Waals surface area contributed by atoms with Crippen molar-refractivity contribution in [2.45, 2.75) is 5.41 Å². The summed E-state index contributed by atoms with van der Waals surface area (Å²) in [4.78, 5) is 2.36. The molecule has 2 aromatic heterocycles. The molecular weight excluding hydrogens is 777 g/mol. The minimum atomic E-state index is -0.502. The first-order chi connectivity index (χ1) is 31.7. The second-order valence-corrected chi connectivity index (χ2v) is 16.8. The van der Waals surface area contributed by atoms with Crippen molar-refractivity contribution in [3.05, 3.63) is 265 Å². The normalized spacial score (nSPS) is 12.8. The van der Waals surface area contributed by atoms with Crippen LogP contribution in [0.25, 0.3) is 71.7 Å². The molecule has 0 saturated heterocycles. The van der Waals surface area contributed by atoms with E-state index in [2.05, 4.69) is 252 Å². The van der Waals surface area contributed by atoms with Gasteiger partial charge in [0.25, 0.3) is 0 Å². The van der Waals surface area contributed by atoms with Crippen LogP contribution >= 0.6 is 0 Å². The van der Waals surface area contributed by atoms with Crippen LogP contribution in [-0.2, 0) is 5.41 Å². The Labute approximate surface area is 371 Å². The van der Waals surface area contributed by atoms with E-state index in [1.165, 1.54) is 66.3 Å². The van der Waals surface area contributed by atoms with E-state index in [0.717, 1.165) is 44.7 Å². The maximum Gasteiger partial charge on any atom is 0.137 e. The number of benzene rings is 10. The van der Waals surface area contributed by atoms with E-state index in [-0.39, 0.29) is 0 Å². The molecule has 0 fully saturated rings. The van der Waals surface area contributed by atoms with Gasteiger partial charge in [0.05, 0.1) is 16.4 Å². The molecule has 64 heavy (non-hydrogen) atoms. The summed E-state index contributed by atoms with van der Waals surface area (Å²) < 4.78 is 9.40. The van der Waals surface area contributed by atoms with Gasteiger partial charge in [-0.15, -0.1) is 0 Å². The number of fused-ring (bicyclic) bond motifs is 9. The van der Waals surface area contributed by atoms with E-state index in [1.54, 1.807) is 0 Å². The number of hydrogen-bond donors (Lipinski definition) is 0. The highest BCUT2D eigenvalue weighted by atomic mass is 16.3. The monoisotopic (exact) mass is 816 g/mol. The Bertz CT molecular complexity index is 3660. The smallest absolute Gasteiger partial charge is 0.137 e. The third-order valence-corrected chi connectivity index (χ3v) is 13.5. The minimum absolute atomic E-state index is 0.502. The molecule has 0 spiro atoms. The van der Waals surface area contributed by atoms with Crippen LogP contribution in [0.4, 0.5) is 17.1 Å². The molecule has 0 amide bonds. The number of aromatic nitrogens is 1. The molecule has 3 nitrogen and oxygen atoms in total. The van der Waals surface area contributed by atoms with Gasteiger partial charge in [0, 0.05) is 50.4 Å². The van der Waals surface area contributed by atoms with Crippen LogP contribution in [0.5, 0.6) is 0 Å². The number of anilines is 3. The first-order valence-electron chi connectivity index (χ1n) is 22.0. The highest BCUT2D eigenvalue weighted by molar-refractivity contribution is 6.12. The first kappa shape index (κ1) is 36.3. The molecule has 0 aliphatic heterocycles. The first-order valence-corrected chi connectivity index (χ1v) is 22.0. The summed E-state index contributed by atoms with van der Waals surface area (Å²) in [6.07, 6.45) is 0. The van der Waals surface area contributed by atoms with Crippen LogP contribution in [0.3, 0.4) is 0 Å². The van der Waals surface area contributed by atoms with Gasteiger partial charge in [-0.05, 0) is 117 Å². The summed E-state index contributed by atoms with van der Waals surface area (Å²) in [7, 11) is 0. The van der Waals surface area contributed by atoms with Crippen molar-refractivity contribution >= 4 is 60.8 Å². The molecule has 1 aliphatic carbocycles. The van der Waals surface area contributed by atoms with Crippen LogP contribution in [0, 0.1) is 0 Å². The Kier molecular flexibility index (Phi) is 8.13. The summed E-state index contributed by atoms with van der Waals surface area (Å²) >= 11 is 0. The van der Waals surface area contributed by atoms with Gasteiger partial charge < -0.3 is 13.9 Å². The third-order valence-electron chi connectivity index (χ3n) is 13.5. The highest BCUT2D eigenvalue weighted by Crippen LogP contribution is 2.57. The molecule has 1 aliphatic rings. The molecule has 2 heterocycles. The topological polar surface area (TPSA) is 21.3 Å². The van der Waals surface area contributed by atoms with Crippen molar-refractivity contribution in [2.75, 3.05) is 4.90 Å². The van der Waals surface area contributed by atoms with Gasteiger partial charge >= 0.3 is 0 Å². The second kappa shape index (κ2) is 14.3. The summed E-state index contributed by atoms with van der Waals surface area (Å²) in [5.41, 5.74) is 17.7. The number of nitrogens with zero attached hydrogens (tertiary/aromatic N) is 2. The summed E-state index contributed by atoms with van der Waals surface area (Å²) in [6.45, 7) is 0. The van der Waals surface area contributed by atoms with Crippen molar-refractivity contribution in [1.82, 2.24) is 4.57 Å². The average molecular weight is 817 g/mol. The lowest BCUT2D eigenvalue weighted by molar-refractivity contribution is 0.666. The SMILES string of the molecule is c1ccc(-c2ccc(N(c3ccc4c(c3)oc3cc5c(cc34)-c3ccccc3C5(c3ccccc3)c3ccccc3)c3ccc4c(c3)c3ccccc3n4-c3ccccc3)cc2)cc1. The zero-order valence-electron chi connectivity index (χ0n) is 34.9. The largest absolute Gasteiger partial charge is 0.456 e. The third kappa shape index (κ3) is 5.41. The maximum atomic E-state index is 7.03. The van der Waals surface area contributed by atoms with Gasteiger partial charge in [-0.25, -0.2) is 0 Å². The fraction of sp³-hybridized carbons (Fsp3) is 0.0164. The van der Waals surface area contributed by atoms with E-state index < -0.39 is 5.41 Å². The molecule has 0 bridgehead atoms. The Morgan fingerprint density at radius 2 is 0.906 bits per heavy atom. The molecule has 0 atom stereocenters. The Balaban J connectivity index is 1.01. The molecule has 3 heteroatoms. The minimum Gasteiger partial charge on any atom is -0.456 e. The number of furan rings is 1. The lowest BCUT2D eigenvalue weighted by Crippen LogP contribution is -2.28. The predicted octanol–water partition coefficient (Wildman–Crippen LogP) is 16.2. The molecule has 13 rings (SSSR count). The molecule has 12 aromatic rings. The summed E-state index contributed by atoms with van der Waals surface area (Å²) in [6, 6.07) is 88.0. The maximum absolute atomic E-state index is 7.03. The van der Waals surface area contributed by atoms with Gasteiger partial charge in [0.15, 0.2) is 0 Å². The fourth-order valence-corrected chi connectivity index (χ4v) is 10.7. The van der Waals surface area contributed by atoms with Gasteiger partial charge in [0.2, 0.25) is 0 Å². The standard InChI is InChI=1S/C61H40N2O/c1-5-17-41(18-6-1)42-29-31-46(32-30-42)62(47-34-36-58-53(37-47)50-26-14-16-28-57(50)63(58)45-23-11-4-12-24-45)48-33-35-51-54-39-52-49-25-13-15-27-55(49)61(43-19-7-2-8-20-43,44-21-9-3-10-22-44)56(52)40-60(54)64-59(51)38-48/h1-40H. The van der Waals surface area contributed by atoms with E-state index in [1.807, 2.05) is 0 Å². The van der Waals surface area contributed by atoms with Crippen LogP contribution in [0.1, 0.15) is 22.3 Å². The van der Waals surface area contributed by atoms with E-state index in [0.29, 0.717) is 0 Å². The molecule has 0 saturated carbocycles. The van der Waals surface area contributed by atoms with Crippen LogP contribution in [0.15, 0.2) is 247 Å². The van der Waals surface area contributed by atoms with Crippen molar-refractivity contribution < 1.29 is 4.42 Å². The lowest BCUT2D eigenvalue weighted by Gasteiger charge is -2.33. The molecular formula is C61H40N2O. The molecule has 300 valence electrons. The molecule has 10 aromatic carbocycles. The van der Waals surface area contributed by atoms with E-state index >= 15 is 0 Å². The second-order valence-electron chi connectivity index (χ2n) is 16.8. The van der Waals surface area contributed by atoms with Crippen molar-refractivity contribution in [3.8, 4) is 27.9 Å². The highest BCUT2D eigenvalue weighted by Gasteiger charge is 2.46. The average Bonchev–Trinajstić information content (AvgIpc) is 4.00. The Morgan fingerprint density at radius 3 is 1.66 bits per heavy atom. The van der Waals surface area contributed by atoms with Gasteiger partial charge in [0.1, 0.15) is 11.2 Å². The Hall–Kier alpha value is -8.40. The zero-order valence-corrected chi connectivity index (χ0v) is 34.9. The Morgan fingerprint density at radius 1 is 0.344 bits per heavy atom. The zero-order chi connectivity index (χ0) is 42.2. The quantitative estimate of drug-likeness (QED) is 0.160. The van der Waals surface area contributed by atoms with Crippen LogP contribution < -0.4 is 4.90 Å². The van der Waals surface area contributed by atoms with Gasteiger partial charge in [-0.2, -0.15) is 0 Å². The molecule has 0 unspecified atom stereocenters. The number of hydrogen-bond acceptors (Lipinski definition) is 2. The van der Waals surface area contributed by atoms with Gasteiger partial charge in [-0.3, -0.25) is 0 Å². The van der Waals surface area contributed by atoms with E-state index in [9.17, 15) is 0 Å². The fourth-order valence-electron chi connectivity index (χ4n) is 10.7. The van der Waals surface area contributed by atoms with Crippen molar-refractivity contribution in [2.24, 2.45) is 0 Å². The van der Waals surface area contributed by atoms with E-state index in [4.69, 9.17) is 4.42 Å². The summed E-state index contributed by atoms with van der Waals surface area (Å²) in [5.74, 6) is 0. The van der Waals surface area contributed by atoms with Crippen molar-refractivity contribution in [3.63, 3.8) is 0 Å². The molecule has 0 radical (unpaired) electrons. The lowest BCUT2D eigenvalue weighted by atomic mass is 9.67. The molecule has 0 N–H and O–H groups in total. The van der Waals surface area contributed by atoms with Crippen molar-refractivity contribution in [1.29, 1.82) is 0 Å². The summed E-state index contributed by atoms with van der Waals surface area (Å²) in [5, 5.41) is 4.62. The number of para-hydroxylation sites is 2. The number of rotatable bonds is 7. The van der Waals surface area contributed by atoms with Crippen LogP contribution in [0.2, 0.25) is 0 Å². The predicted molar refractivity (Wildman–Crippen MR) is 265 cm³/mol. The van der Waals surface area contributed by atoms with Crippen LogP contribution in [-0.4, -0.2) is 4.57 Å². The van der Waals surface area contributed by atoms with Gasteiger partial charge in [-0.1, -0.05) is 164 Å².